The molecule has 0 aliphatic heterocycles. The van der Waals surface area contributed by atoms with Gasteiger partial charge in [-0.3, -0.25) is 0 Å². The minimum atomic E-state index is -1.24. The van der Waals surface area contributed by atoms with Crippen LogP contribution in [0, 0.1) is 11.8 Å². The lowest BCUT2D eigenvalue weighted by Crippen LogP contribution is -2.37. The Morgan fingerprint density at radius 1 is 0.750 bits per heavy atom. The number of benzene rings is 2. The van der Waals surface area contributed by atoms with Gasteiger partial charge in [0.15, 0.2) is 0 Å². The molecule has 2 aromatic rings. The summed E-state index contributed by atoms with van der Waals surface area (Å²) in [6.07, 6.45) is 0. The molecular formula is C17H16Cl2Si. The molecule has 0 fully saturated rings. The van der Waals surface area contributed by atoms with Crippen molar-refractivity contribution in [2.45, 2.75) is 19.6 Å². The number of hydrogen-bond acceptors (Lipinski definition) is 0. The first kappa shape index (κ1) is 15.2. The molecule has 2 rings (SSSR count). The van der Waals surface area contributed by atoms with E-state index < -0.39 is 8.07 Å². The van der Waals surface area contributed by atoms with E-state index in [1.807, 2.05) is 12.1 Å². The van der Waals surface area contributed by atoms with Gasteiger partial charge >= 0.3 is 0 Å². The van der Waals surface area contributed by atoms with Crippen molar-refractivity contribution in [1.29, 1.82) is 0 Å². The molecule has 0 amide bonds. The highest BCUT2D eigenvalue weighted by Crippen LogP contribution is 2.18. The smallest absolute Gasteiger partial charge is 0.0775 e. The first-order valence-electron chi connectivity index (χ1n) is 6.43. The van der Waals surface area contributed by atoms with Gasteiger partial charge in [-0.2, -0.15) is 0 Å². The van der Waals surface area contributed by atoms with E-state index in [9.17, 15) is 0 Å². The van der Waals surface area contributed by atoms with E-state index in [1.54, 1.807) is 6.07 Å². The van der Waals surface area contributed by atoms with Gasteiger partial charge in [-0.05, 0) is 30.3 Å². The van der Waals surface area contributed by atoms with Gasteiger partial charge in [-0.1, -0.05) is 72.0 Å². The highest BCUT2D eigenvalue weighted by molar-refractivity contribution is 6.88. The molecule has 0 spiro atoms. The molecule has 0 saturated heterocycles. The van der Waals surface area contributed by atoms with Gasteiger partial charge in [-0.25, -0.2) is 0 Å². The van der Waals surface area contributed by atoms with E-state index in [4.69, 9.17) is 23.2 Å². The zero-order valence-corrected chi connectivity index (χ0v) is 14.3. The van der Waals surface area contributed by atoms with Crippen LogP contribution in [0.4, 0.5) is 0 Å². The fourth-order valence-corrected chi connectivity index (χ4v) is 3.52. The lowest BCUT2D eigenvalue weighted by atomic mass is 10.2. The third kappa shape index (κ3) is 4.15. The standard InChI is InChI=1S/C17H16Cl2Si/c1-20(2,3)17-8-6-13(7-9-17)4-5-14-10-15(18)12-16(19)11-14/h6-12H,1-3H3. The average molecular weight is 319 g/mol. The van der Waals surface area contributed by atoms with Crippen LogP contribution in [0.3, 0.4) is 0 Å². The van der Waals surface area contributed by atoms with Crippen LogP contribution in [0.5, 0.6) is 0 Å². The first-order chi connectivity index (χ1) is 9.34. The van der Waals surface area contributed by atoms with Gasteiger partial charge in [0.1, 0.15) is 0 Å². The lowest BCUT2D eigenvalue weighted by molar-refractivity contribution is 1.62. The summed E-state index contributed by atoms with van der Waals surface area (Å²) < 4.78 is 0. The summed E-state index contributed by atoms with van der Waals surface area (Å²) in [5, 5.41) is 2.65. The van der Waals surface area contributed by atoms with Crippen LogP contribution >= 0.6 is 23.2 Å². The summed E-state index contributed by atoms with van der Waals surface area (Å²) in [4.78, 5) is 0. The van der Waals surface area contributed by atoms with E-state index in [1.165, 1.54) is 5.19 Å². The van der Waals surface area contributed by atoms with Crippen molar-refractivity contribution in [1.82, 2.24) is 0 Å². The minimum absolute atomic E-state index is 0.607. The Kier molecular flexibility index (Phi) is 4.60. The molecule has 0 radical (unpaired) electrons. The van der Waals surface area contributed by atoms with Gasteiger partial charge in [0.05, 0.1) is 8.07 Å². The summed E-state index contributed by atoms with van der Waals surface area (Å²) in [5.74, 6) is 6.24. The molecule has 20 heavy (non-hydrogen) atoms. The maximum absolute atomic E-state index is 5.96. The molecule has 0 atom stereocenters. The summed E-state index contributed by atoms with van der Waals surface area (Å²) >= 11 is 11.9. The van der Waals surface area contributed by atoms with Crippen LogP contribution in [-0.4, -0.2) is 8.07 Å². The van der Waals surface area contributed by atoms with E-state index in [2.05, 4.69) is 55.7 Å². The monoisotopic (exact) mass is 318 g/mol. The molecule has 102 valence electrons. The fraction of sp³-hybridized carbons (Fsp3) is 0.176. The van der Waals surface area contributed by atoms with Gasteiger partial charge in [0.2, 0.25) is 0 Å². The molecular weight excluding hydrogens is 303 g/mol. The fourth-order valence-electron chi connectivity index (χ4n) is 1.82. The van der Waals surface area contributed by atoms with E-state index in [0.717, 1.165) is 11.1 Å². The Labute approximate surface area is 131 Å². The molecule has 0 heterocycles. The normalized spacial score (nSPS) is 10.8. The average Bonchev–Trinajstić information content (AvgIpc) is 2.35. The molecule has 0 bridgehead atoms. The van der Waals surface area contributed by atoms with Crippen molar-refractivity contribution in [3.05, 3.63) is 63.6 Å². The summed E-state index contributed by atoms with van der Waals surface area (Å²) in [7, 11) is -1.24. The summed E-state index contributed by atoms with van der Waals surface area (Å²) in [5.41, 5.74) is 1.83. The highest BCUT2D eigenvalue weighted by Gasteiger charge is 2.15. The molecule has 0 aromatic heterocycles. The predicted molar refractivity (Wildman–Crippen MR) is 91.9 cm³/mol. The van der Waals surface area contributed by atoms with Gasteiger partial charge in [0.25, 0.3) is 0 Å². The molecule has 0 aliphatic carbocycles. The predicted octanol–water partition coefficient (Wildman–Crippen LogP) is 4.94. The van der Waals surface area contributed by atoms with E-state index in [0.29, 0.717) is 10.0 Å². The second kappa shape index (κ2) is 6.05. The van der Waals surface area contributed by atoms with Crippen molar-refractivity contribution in [2.24, 2.45) is 0 Å². The Bertz CT molecular complexity index is 651. The second-order valence-electron chi connectivity index (χ2n) is 5.74. The molecule has 2 aromatic carbocycles. The van der Waals surface area contributed by atoms with Crippen molar-refractivity contribution < 1.29 is 0 Å². The molecule has 0 unspecified atom stereocenters. The zero-order chi connectivity index (χ0) is 14.8. The van der Waals surface area contributed by atoms with Gasteiger partial charge in [-0.15, -0.1) is 0 Å². The topological polar surface area (TPSA) is 0 Å². The number of hydrogen-bond donors (Lipinski definition) is 0. The molecule has 3 heteroatoms. The quantitative estimate of drug-likeness (QED) is 0.516. The highest BCUT2D eigenvalue weighted by atomic mass is 35.5. The minimum Gasteiger partial charge on any atom is -0.0842 e. The van der Waals surface area contributed by atoms with Crippen LogP contribution in [0.15, 0.2) is 42.5 Å². The van der Waals surface area contributed by atoms with Crippen LogP contribution in [0.2, 0.25) is 29.7 Å². The lowest BCUT2D eigenvalue weighted by Gasteiger charge is -2.15. The van der Waals surface area contributed by atoms with E-state index in [-0.39, 0.29) is 0 Å². The van der Waals surface area contributed by atoms with Crippen molar-refractivity contribution in [3.8, 4) is 11.8 Å². The maximum atomic E-state index is 5.96. The Hall–Kier alpha value is -1.20. The largest absolute Gasteiger partial charge is 0.0842 e. The SMILES string of the molecule is C[Si](C)(C)c1ccc(C#Cc2cc(Cl)cc(Cl)c2)cc1. The summed E-state index contributed by atoms with van der Waals surface area (Å²) in [6, 6.07) is 13.9. The molecule has 0 aliphatic rings. The molecule has 0 nitrogen and oxygen atoms in total. The van der Waals surface area contributed by atoms with Crippen LogP contribution < -0.4 is 5.19 Å². The van der Waals surface area contributed by atoms with Crippen molar-refractivity contribution >= 4 is 36.5 Å². The first-order valence-corrected chi connectivity index (χ1v) is 10.7. The Morgan fingerprint density at radius 3 is 1.75 bits per heavy atom. The Balaban J connectivity index is 2.25. The zero-order valence-electron chi connectivity index (χ0n) is 11.8. The maximum Gasteiger partial charge on any atom is 0.0775 e. The van der Waals surface area contributed by atoms with Crippen LogP contribution in [0.1, 0.15) is 11.1 Å². The number of halogens is 2. The third-order valence-corrected chi connectivity index (χ3v) is 5.47. The van der Waals surface area contributed by atoms with Crippen LogP contribution in [0.25, 0.3) is 0 Å². The molecule has 0 saturated carbocycles. The van der Waals surface area contributed by atoms with Crippen molar-refractivity contribution in [3.63, 3.8) is 0 Å². The van der Waals surface area contributed by atoms with E-state index >= 15 is 0 Å². The molecule has 0 N–H and O–H groups in total. The van der Waals surface area contributed by atoms with Crippen molar-refractivity contribution in [2.75, 3.05) is 0 Å². The third-order valence-electron chi connectivity index (χ3n) is 2.96. The Morgan fingerprint density at radius 2 is 1.25 bits per heavy atom. The number of rotatable bonds is 1. The summed E-state index contributed by atoms with van der Waals surface area (Å²) in [6.45, 7) is 7.00. The van der Waals surface area contributed by atoms with Gasteiger partial charge in [0, 0.05) is 21.2 Å². The second-order valence-corrected chi connectivity index (χ2v) is 11.7. The van der Waals surface area contributed by atoms with Gasteiger partial charge < -0.3 is 0 Å². The van der Waals surface area contributed by atoms with Crippen LogP contribution in [-0.2, 0) is 0 Å².